The van der Waals surface area contributed by atoms with Gasteiger partial charge < -0.3 is 20.3 Å². The minimum absolute atomic E-state index is 0.0359. The quantitative estimate of drug-likeness (QED) is 0.186. The molecule has 1 aliphatic carbocycles. The van der Waals surface area contributed by atoms with Crippen molar-refractivity contribution >= 4 is 40.1 Å². The highest BCUT2D eigenvalue weighted by molar-refractivity contribution is 6.07. The zero-order chi connectivity index (χ0) is 29.1. The largest absolute Gasteiger partial charge is 0.478 e. The molecule has 0 spiro atoms. The summed E-state index contributed by atoms with van der Waals surface area (Å²) in [4.78, 5) is 38.3. The van der Waals surface area contributed by atoms with Gasteiger partial charge in [-0.05, 0) is 66.4 Å². The van der Waals surface area contributed by atoms with E-state index in [1.165, 1.54) is 12.1 Å². The molecule has 42 heavy (non-hydrogen) atoms. The summed E-state index contributed by atoms with van der Waals surface area (Å²) in [6.45, 7) is 0. The van der Waals surface area contributed by atoms with Gasteiger partial charge >= 0.3 is 5.97 Å². The molecule has 210 valence electrons. The molecule has 7 heteroatoms. The minimum atomic E-state index is -1.07. The van der Waals surface area contributed by atoms with E-state index in [1.54, 1.807) is 12.1 Å². The van der Waals surface area contributed by atoms with Crippen molar-refractivity contribution in [1.82, 2.24) is 4.57 Å². The van der Waals surface area contributed by atoms with Gasteiger partial charge in [-0.15, -0.1) is 0 Å². The normalized spacial score (nSPS) is 13.4. The number of rotatable bonds is 8. The summed E-state index contributed by atoms with van der Waals surface area (Å²) < 4.78 is 2.01. The topological polar surface area (TPSA) is 100 Å². The van der Waals surface area contributed by atoms with Crippen molar-refractivity contribution in [2.24, 2.45) is 5.92 Å². The molecule has 5 aromatic rings. The van der Waals surface area contributed by atoms with Crippen LogP contribution in [0.2, 0.25) is 0 Å². The lowest BCUT2D eigenvalue weighted by atomic mass is 9.98. The van der Waals surface area contributed by atoms with Crippen molar-refractivity contribution < 1.29 is 19.5 Å². The van der Waals surface area contributed by atoms with E-state index in [9.17, 15) is 19.5 Å². The zero-order valence-electron chi connectivity index (χ0n) is 23.0. The lowest BCUT2D eigenvalue weighted by Crippen LogP contribution is -2.22. The Morgan fingerprint density at radius 2 is 1.36 bits per heavy atom. The number of benzene rings is 4. The maximum Gasteiger partial charge on any atom is 0.335 e. The first-order valence-electron chi connectivity index (χ1n) is 14.2. The third-order valence-electron chi connectivity index (χ3n) is 7.92. The highest BCUT2D eigenvalue weighted by atomic mass is 16.4. The molecule has 0 radical (unpaired) electrons. The van der Waals surface area contributed by atoms with Crippen LogP contribution in [0.25, 0.3) is 10.9 Å². The van der Waals surface area contributed by atoms with Gasteiger partial charge in [0, 0.05) is 28.2 Å². The van der Waals surface area contributed by atoms with E-state index in [1.807, 2.05) is 89.5 Å². The highest BCUT2D eigenvalue weighted by Crippen LogP contribution is 2.35. The van der Waals surface area contributed by atoms with Gasteiger partial charge in [0.25, 0.3) is 5.91 Å². The first-order chi connectivity index (χ1) is 20.5. The van der Waals surface area contributed by atoms with Gasteiger partial charge in [0.15, 0.2) is 0 Å². The first-order valence-corrected chi connectivity index (χ1v) is 14.2. The van der Waals surface area contributed by atoms with E-state index in [0.29, 0.717) is 17.1 Å². The maximum atomic E-state index is 13.9. The summed E-state index contributed by atoms with van der Waals surface area (Å²) in [5, 5.41) is 16.2. The second kappa shape index (κ2) is 11.7. The number of amides is 2. The Bertz CT molecular complexity index is 1720. The van der Waals surface area contributed by atoms with Gasteiger partial charge in [0.2, 0.25) is 5.91 Å². The summed E-state index contributed by atoms with van der Waals surface area (Å²) in [6.07, 6.45) is 3.98. The fourth-order valence-electron chi connectivity index (χ4n) is 5.89. The molecule has 0 aliphatic heterocycles. The van der Waals surface area contributed by atoms with Crippen LogP contribution in [0.15, 0.2) is 109 Å². The summed E-state index contributed by atoms with van der Waals surface area (Å²) in [6, 6.07) is 33.4. The number of carbonyl (C=O) groups is 3. The minimum Gasteiger partial charge on any atom is -0.478 e. The molecule has 3 N–H and O–H groups in total. The molecule has 1 aliphatic rings. The Kier molecular flexibility index (Phi) is 7.56. The van der Waals surface area contributed by atoms with Crippen LogP contribution >= 0.6 is 0 Å². The number of nitrogens with one attached hydrogen (secondary N) is 2. The molecular formula is C35H31N3O4. The van der Waals surface area contributed by atoms with Crippen molar-refractivity contribution in [2.45, 2.75) is 31.7 Å². The maximum absolute atomic E-state index is 13.9. The van der Waals surface area contributed by atoms with E-state index in [0.717, 1.165) is 47.7 Å². The van der Waals surface area contributed by atoms with Crippen molar-refractivity contribution in [3.63, 3.8) is 0 Å². The average molecular weight is 558 g/mol. The number of fused-ring (bicyclic) bond motifs is 1. The number of carbonyl (C=O) groups excluding carboxylic acids is 2. The van der Waals surface area contributed by atoms with Crippen LogP contribution in [0, 0.1) is 5.92 Å². The van der Waals surface area contributed by atoms with E-state index >= 15 is 0 Å². The van der Waals surface area contributed by atoms with Crippen LogP contribution < -0.4 is 10.6 Å². The van der Waals surface area contributed by atoms with Gasteiger partial charge in [-0.2, -0.15) is 0 Å². The number of carboxylic acids is 1. The Hall–Kier alpha value is -5.17. The van der Waals surface area contributed by atoms with Gasteiger partial charge in [0.05, 0.1) is 11.6 Å². The first kappa shape index (κ1) is 27.0. The third kappa shape index (κ3) is 5.54. The van der Waals surface area contributed by atoms with Crippen LogP contribution in [0.3, 0.4) is 0 Å². The van der Waals surface area contributed by atoms with Gasteiger partial charge in [-0.25, -0.2) is 4.79 Å². The van der Waals surface area contributed by atoms with Gasteiger partial charge in [-0.1, -0.05) is 79.6 Å². The molecule has 0 bridgehead atoms. The fraction of sp³-hybridized carbons (Fsp3) is 0.171. The standard InChI is InChI=1S/C35H31N3O4/c39-33(25-14-7-8-15-25)36-29-18-19-30-27(21-29)22-31(34(40)37-28-17-9-16-26(20-28)35(41)42)38(30)32(23-10-3-1-4-11-23)24-12-5-2-6-13-24/h1-6,9-13,16-22,25,32H,7-8,14-15H2,(H,36,39)(H,37,40)(H,41,42). The summed E-state index contributed by atoms with van der Waals surface area (Å²) in [7, 11) is 0. The summed E-state index contributed by atoms with van der Waals surface area (Å²) in [5.74, 6) is -1.37. The predicted octanol–water partition coefficient (Wildman–Crippen LogP) is 7.36. The lowest BCUT2D eigenvalue weighted by Gasteiger charge is -2.24. The summed E-state index contributed by atoms with van der Waals surface area (Å²) >= 11 is 0. The van der Waals surface area contributed by atoms with E-state index in [-0.39, 0.29) is 29.3 Å². The molecule has 0 saturated heterocycles. The molecule has 0 unspecified atom stereocenters. The molecule has 0 atom stereocenters. The zero-order valence-corrected chi connectivity index (χ0v) is 23.0. The Balaban J connectivity index is 1.47. The van der Waals surface area contributed by atoms with Crippen LogP contribution in [0.1, 0.15) is 63.7 Å². The fourth-order valence-corrected chi connectivity index (χ4v) is 5.89. The highest BCUT2D eigenvalue weighted by Gasteiger charge is 2.26. The number of aromatic carboxylic acids is 1. The Labute approximate surface area is 243 Å². The van der Waals surface area contributed by atoms with Crippen molar-refractivity contribution in [2.75, 3.05) is 10.6 Å². The number of hydrogen-bond donors (Lipinski definition) is 3. The van der Waals surface area contributed by atoms with Crippen molar-refractivity contribution in [1.29, 1.82) is 0 Å². The van der Waals surface area contributed by atoms with E-state index in [4.69, 9.17) is 0 Å². The van der Waals surface area contributed by atoms with E-state index in [2.05, 4.69) is 10.6 Å². The van der Waals surface area contributed by atoms with Gasteiger partial charge in [-0.3, -0.25) is 9.59 Å². The molecule has 1 heterocycles. The van der Waals surface area contributed by atoms with Gasteiger partial charge in [0.1, 0.15) is 5.69 Å². The van der Waals surface area contributed by atoms with E-state index < -0.39 is 5.97 Å². The van der Waals surface area contributed by atoms with Crippen LogP contribution in [0.4, 0.5) is 11.4 Å². The third-order valence-corrected chi connectivity index (χ3v) is 7.92. The SMILES string of the molecule is O=C(O)c1cccc(NC(=O)c2cc3cc(NC(=O)C4CCCC4)ccc3n2C(c2ccccc2)c2ccccc2)c1. The number of hydrogen-bond acceptors (Lipinski definition) is 3. The molecular weight excluding hydrogens is 526 g/mol. The molecule has 1 saturated carbocycles. The monoisotopic (exact) mass is 557 g/mol. The van der Waals surface area contributed by atoms with Crippen LogP contribution in [0.5, 0.6) is 0 Å². The van der Waals surface area contributed by atoms with Crippen LogP contribution in [-0.2, 0) is 4.79 Å². The molecule has 4 aromatic carbocycles. The smallest absolute Gasteiger partial charge is 0.335 e. The number of aromatic nitrogens is 1. The number of anilines is 2. The van der Waals surface area contributed by atoms with Crippen LogP contribution in [-0.4, -0.2) is 27.5 Å². The van der Waals surface area contributed by atoms with Crippen molar-refractivity contribution in [3.8, 4) is 0 Å². The molecule has 1 aromatic heterocycles. The second-order valence-electron chi connectivity index (χ2n) is 10.7. The second-order valence-corrected chi connectivity index (χ2v) is 10.7. The number of carboxylic acid groups (broad SMARTS) is 1. The predicted molar refractivity (Wildman–Crippen MR) is 164 cm³/mol. The molecule has 2 amide bonds. The average Bonchev–Trinajstić information content (AvgIpc) is 3.68. The Morgan fingerprint density at radius 3 is 2.00 bits per heavy atom. The summed E-state index contributed by atoms with van der Waals surface area (Å²) in [5.41, 5.74) is 4.40. The molecule has 1 fully saturated rings. The molecule has 7 nitrogen and oxygen atoms in total. The lowest BCUT2D eigenvalue weighted by molar-refractivity contribution is -0.119. The molecule has 6 rings (SSSR count). The number of nitrogens with zero attached hydrogens (tertiary/aromatic N) is 1. The van der Waals surface area contributed by atoms with Crippen molar-refractivity contribution in [3.05, 3.63) is 132 Å². The Morgan fingerprint density at radius 1 is 0.714 bits per heavy atom.